The molecule has 0 fully saturated rings. The van der Waals surface area contributed by atoms with Crippen LogP contribution < -0.4 is 0 Å². The number of nitrogens with zero attached hydrogens (tertiary/aromatic N) is 3. The summed E-state index contributed by atoms with van der Waals surface area (Å²) in [7, 11) is 0. The van der Waals surface area contributed by atoms with Crippen LogP contribution in [0, 0.1) is 0 Å². The SMILES string of the molecule is c1ccc(-c2cc(-n3c4ccccc4c4ccccc43)cc(-c3ccccn3)n2)cc1. The van der Waals surface area contributed by atoms with Crippen LogP contribution in [0.5, 0.6) is 0 Å². The Bertz CT molecular complexity index is 1410. The Morgan fingerprint density at radius 1 is 0.516 bits per heavy atom. The first-order chi connectivity index (χ1) is 15.4. The summed E-state index contributed by atoms with van der Waals surface area (Å²) in [6, 6.07) is 37.7. The van der Waals surface area contributed by atoms with Crippen LogP contribution in [0.3, 0.4) is 0 Å². The Labute approximate surface area is 180 Å². The summed E-state index contributed by atoms with van der Waals surface area (Å²) in [6.07, 6.45) is 1.81. The topological polar surface area (TPSA) is 30.7 Å². The highest BCUT2D eigenvalue weighted by Gasteiger charge is 2.14. The number of para-hydroxylation sites is 2. The third-order valence-corrected chi connectivity index (χ3v) is 5.65. The molecule has 3 nitrogen and oxygen atoms in total. The molecule has 3 heteroatoms. The quantitative estimate of drug-likeness (QED) is 0.325. The Morgan fingerprint density at radius 2 is 1.13 bits per heavy atom. The number of hydrogen-bond acceptors (Lipinski definition) is 2. The summed E-state index contributed by atoms with van der Waals surface area (Å²) >= 11 is 0. The monoisotopic (exact) mass is 397 g/mol. The fraction of sp³-hybridized carbons (Fsp3) is 0. The van der Waals surface area contributed by atoms with Crippen molar-refractivity contribution in [1.29, 1.82) is 0 Å². The first-order valence-electron chi connectivity index (χ1n) is 10.4. The lowest BCUT2D eigenvalue weighted by atomic mass is 10.1. The molecule has 0 unspecified atom stereocenters. The van der Waals surface area contributed by atoms with E-state index in [0.717, 1.165) is 28.3 Å². The van der Waals surface area contributed by atoms with Crippen LogP contribution >= 0.6 is 0 Å². The second-order valence-electron chi connectivity index (χ2n) is 7.55. The van der Waals surface area contributed by atoms with E-state index < -0.39 is 0 Å². The summed E-state index contributed by atoms with van der Waals surface area (Å²) in [5.74, 6) is 0. The van der Waals surface area contributed by atoms with Crippen LogP contribution in [0.15, 0.2) is 115 Å². The van der Waals surface area contributed by atoms with Gasteiger partial charge in [0.15, 0.2) is 0 Å². The van der Waals surface area contributed by atoms with E-state index in [2.05, 4.69) is 82.3 Å². The van der Waals surface area contributed by atoms with Crippen LogP contribution in [-0.2, 0) is 0 Å². The number of aromatic nitrogens is 3. The van der Waals surface area contributed by atoms with Gasteiger partial charge in [0.1, 0.15) is 0 Å². The zero-order valence-corrected chi connectivity index (χ0v) is 16.8. The van der Waals surface area contributed by atoms with Crippen LogP contribution in [0.1, 0.15) is 0 Å². The lowest BCUT2D eigenvalue weighted by molar-refractivity contribution is 1.15. The van der Waals surface area contributed by atoms with Gasteiger partial charge in [-0.15, -0.1) is 0 Å². The van der Waals surface area contributed by atoms with Gasteiger partial charge in [0.2, 0.25) is 0 Å². The molecule has 3 aromatic heterocycles. The van der Waals surface area contributed by atoms with Crippen molar-refractivity contribution in [3.05, 3.63) is 115 Å². The second kappa shape index (κ2) is 7.22. The first kappa shape index (κ1) is 17.6. The standard InChI is InChI=1S/C28H19N3/c1-2-10-20(11-3-1)25-18-21(19-26(30-25)24-14-8-9-17-29-24)31-27-15-6-4-12-22(27)23-13-5-7-16-28(23)31/h1-19H. The molecule has 0 N–H and O–H groups in total. The Kier molecular flexibility index (Phi) is 4.10. The molecule has 0 atom stereocenters. The van der Waals surface area contributed by atoms with Gasteiger partial charge in [-0.1, -0.05) is 72.8 Å². The zero-order valence-electron chi connectivity index (χ0n) is 16.8. The predicted molar refractivity (Wildman–Crippen MR) is 127 cm³/mol. The summed E-state index contributed by atoms with van der Waals surface area (Å²) in [6.45, 7) is 0. The summed E-state index contributed by atoms with van der Waals surface area (Å²) in [5, 5.41) is 2.49. The average molecular weight is 397 g/mol. The van der Waals surface area contributed by atoms with Gasteiger partial charge in [0.25, 0.3) is 0 Å². The molecule has 0 saturated heterocycles. The molecule has 0 saturated carbocycles. The number of fused-ring (bicyclic) bond motifs is 3. The maximum Gasteiger partial charge on any atom is 0.0914 e. The van der Waals surface area contributed by atoms with Crippen molar-refractivity contribution < 1.29 is 0 Å². The zero-order chi connectivity index (χ0) is 20.6. The Morgan fingerprint density at radius 3 is 1.81 bits per heavy atom. The van der Waals surface area contributed by atoms with E-state index in [4.69, 9.17) is 4.98 Å². The Hall–Kier alpha value is -4.24. The highest BCUT2D eigenvalue weighted by Crippen LogP contribution is 2.34. The molecule has 6 aromatic rings. The molecule has 0 amide bonds. The minimum Gasteiger partial charge on any atom is -0.309 e. The smallest absolute Gasteiger partial charge is 0.0914 e. The van der Waals surface area contributed by atoms with Crippen molar-refractivity contribution in [3.63, 3.8) is 0 Å². The van der Waals surface area contributed by atoms with E-state index >= 15 is 0 Å². The fourth-order valence-electron chi connectivity index (χ4n) is 4.25. The third-order valence-electron chi connectivity index (χ3n) is 5.65. The van der Waals surface area contributed by atoms with Gasteiger partial charge in [-0.05, 0) is 36.4 Å². The molecule has 0 radical (unpaired) electrons. The minimum absolute atomic E-state index is 0.860. The molecular formula is C28H19N3. The maximum atomic E-state index is 4.97. The molecular weight excluding hydrogens is 378 g/mol. The van der Waals surface area contributed by atoms with E-state index in [1.54, 1.807) is 0 Å². The summed E-state index contributed by atoms with van der Waals surface area (Å²) in [4.78, 5) is 9.53. The lowest BCUT2D eigenvalue weighted by Gasteiger charge is -2.12. The van der Waals surface area contributed by atoms with Gasteiger partial charge in [-0.25, -0.2) is 4.98 Å². The minimum atomic E-state index is 0.860. The molecule has 146 valence electrons. The first-order valence-corrected chi connectivity index (χ1v) is 10.4. The molecule has 0 aliphatic rings. The van der Waals surface area contributed by atoms with Crippen molar-refractivity contribution in [2.75, 3.05) is 0 Å². The van der Waals surface area contributed by atoms with E-state index in [0.29, 0.717) is 0 Å². The van der Waals surface area contributed by atoms with Crippen LogP contribution in [0.25, 0.3) is 50.1 Å². The number of pyridine rings is 2. The molecule has 31 heavy (non-hydrogen) atoms. The van der Waals surface area contributed by atoms with Gasteiger partial charge in [-0.2, -0.15) is 0 Å². The lowest BCUT2D eigenvalue weighted by Crippen LogP contribution is -1.98. The van der Waals surface area contributed by atoms with Crippen molar-refractivity contribution >= 4 is 21.8 Å². The summed E-state index contributed by atoms with van der Waals surface area (Å²) in [5.41, 5.74) is 7.18. The van der Waals surface area contributed by atoms with Crippen molar-refractivity contribution in [2.45, 2.75) is 0 Å². The van der Waals surface area contributed by atoms with Gasteiger partial charge < -0.3 is 4.57 Å². The second-order valence-corrected chi connectivity index (χ2v) is 7.55. The van der Waals surface area contributed by atoms with E-state index in [9.17, 15) is 0 Å². The van der Waals surface area contributed by atoms with Gasteiger partial charge in [0, 0.05) is 22.5 Å². The molecule has 0 aliphatic carbocycles. The van der Waals surface area contributed by atoms with Gasteiger partial charge in [0.05, 0.1) is 33.8 Å². The Balaban J connectivity index is 1.69. The molecule has 3 heterocycles. The third kappa shape index (κ3) is 2.99. The highest BCUT2D eigenvalue weighted by atomic mass is 15.0. The fourth-order valence-corrected chi connectivity index (χ4v) is 4.25. The van der Waals surface area contributed by atoms with Crippen molar-refractivity contribution in [1.82, 2.24) is 14.5 Å². The van der Waals surface area contributed by atoms with E-state index in [-0.39, 0.29) is 0 Å². The van der Waals surface area contributed by atoms with Gasteiger partial charge in [-0.3, -0.25) is 4.98 Å². The van der Waals surface area contributed by atoms with Crippen LogP contribution in [-0.4, -0.2) is 14.5 Å². The molecule has 6 rings (SSSR count). The predicted octanol–water partition coefficient (Wildman–Crippen LogP) is 6.91. The van der Waals surface area contributed by atoms with Crippen LogP contribution in [0.2, 0.25) is 0 Å². The largest absolute Gasteiger partial charge is 0.309 e. The van der Waals surface area contributed by atoms with E-state index in [1.807, 2.05) is 42.6 Å². The number of benzene rings is 3. The molecule has 0 spiro atoms. The maximum absolute atomic E-state index is 4.97. The van der Waals surface area contributed by atoms with Crippen molar-refractivity contribution in [3.8, 4) is 28.3 Å². The summed E-state index contributed by atoms with van der Waals surface area (Å²) < 4.78 is 2.32. The average Bonchev–Trinajstić information content (AvgIpc) is 3.19. The van der Waals surface area contributed by atoms with E-state index in [1.165, 1.54) is 21.8 Å². The number of hydrogen-bond donors (Lipinski definition) is 0. The molecule has 0 bridgehead atoms. The normalized spacial score (nSPS) is 11.2. The number of rotatable bonds is 3. The van der Waals surface area contributed by atoms with Crippen molar-refractivity contribution in [2.24, 2.45) is 0 Å². The molecule has 0 aliphatic heterocycles. The van der Waals surface area contributed by atoms with Crippen LogP contribution in [0.4, 0.5) is 0 Å². The highest BCUT2D eigenvalue weighted by molar-refractivity contribution is 6.09. The molecule has 3 aromatic carbocycles. The van der Waals surface area contributed by atoms with Gasteiger partial charge >= 0.3 is 0 Å².